The van der Waals surface area contributed by atoms with Crippen LogP contribution in [0, 0.1) is 0 Å². The van der Waals surface area contributed by atoms with Gasteiger partial charge in [0.2, 0.25) is 0 Å². The van der Waals surface area contributed by atoms with Gasteiger partial charge in [0.05, 0.1) is 18.8 Å². The molecule has 2 unspecified atom stereocenters. The number of hydrazine groups is 1. The van der Waals surface area contributed by atoms with Crippen LogP contribution < -0.4 is 16.0 Å². The van der Waals surface area contributed by atoms with Crippen molar-refractivity contribution < 1.29 is 9.47 Å². The minimum Gasteiger partial charge on any atom is -0.496 e. The Morgan fingerprint density at radius 1 is 1.39 bits per heavy atom. The molecule has 0 saturated carbocycles. The summed E-state index contributed by atoms with van der Waals surface area (Å²) in [6.45, 7) is 2.91. The van der Waals surface area contributed by atoms with E-state index in [9.17, 15) is 0 Å². The highest BCUT2D eigenvalue weighted by Gasteiger charge is 2.38. The van der Waals surface area contributed by atoms with Crippen LogP contribution in [-0.2, 0) is 4.74 Å². The summed E-state index contributed by atoms with van der Waals surface area (Å²) in [7, 11) is 1.68. The minimum atomic E-state index is -0.276. The molecule has 4 nitrogen and oxygen atoms in total. The van der Waals surface area contributed by atoms with E-state index in [1.807, 2.05) is 24.3 Å². The summed E-state index contributed by atoms with van der Waals surface area (Å²) in [6.07, 6.45) is 3.29. The SMILES string of the molecule is COc1ccccc1C(NN)C1(C)CCCCO1. The highest BCUT2D eigenvalue weighted by atomic mass is 16.5. The van der Waals surface area contributed by atoms with Gasteiger partial charge in [-0.15, -0.1) is 0 Å². The number of rotatable bonds is 4. The normalized spacial score (nSPS) is 25.7. The number of methoxy groups -OCH3 is 1. The highest BCUT2D eigenvalue weighted by molar-refractivity contribution is 5.37. The molecular weight excluding hydrogens is 228 g/mol. The zero-order valence-corrected chi connectivity index (χ0v) is 11.1. The van der Waals surface area contributed by atoms with Gasteiger partial charge >= 0.3 is 0 Å². The highest BCUT2D eigenvalue weighted by Crippen LogP contribution is 2.39. The van der Waals surface area contributed by atoms with Gasteiger partial charge in [-0.2, -0.15) is 0 Å². The molecule has 2 atom stereocenters. The summed E-state index contributed by atoms with van der Waals surface area (Å²) in [4.78, 5) is 0. The predicted molar refractivity (Wildman–Crippen MR) is 71.3 cm³/mol. The van der Waals surface area contributed by atoms with Crippen molar-refractivity contribution in [2.45, 2.75) is 37.8 Å². The van der Waals surface area contributed by atoms with E-state index in [1.165, 1.54) is 6.42 Å². The Morgan fingerprint density at radius 3 is 2.78 bits per heavy atom. The molecule has 1 heterocycles. The van der Waals surface area contributed by atoms with Crippen LogP contribution in [0.2, 0.25) is 0 Å². The van der Waals surface area contributed by atoms with Crippen molar-refractivity contribution in [1.82, 2.24) is 5.43 Å². The second-order valence-corrected chi connectivity index (χ2v) is 4.96. The van der Waals surface area contributed by atoms with E-state index in [4.69, 9.17) is 15.3 Å². The number of hydrogen-bond acceptors (Lipinski definition) is 4. The maximum Gasteiger partial charge on any atom is 0.123 e. The first-order valence-electron chi connectivity index (χ1n) is 6.44. The van der Waals surface area contributed by atoms with E-state index in [0.29, 0.717) is 0 Å². The van der Waals surface area contributed by atoms with E-state index in [2.05, 4.69) is 12.3 Å². The molecule has 100 valence electrons. The summed E-state index contributed by atoms with van der Waals surface area (Å²) in [6, 6.07) is 7.88. The maximum absolute atomic E-state index is 5.97. The van der Waals surface area contributed by atoms with Gasteiger partial charge in [0.1, 0.15) is 5.75 Å². The van der Waals surface area contributed by atoms with Gasteiger partial charge in [-0.1, -0.05) is 18.2 Å². The van der Waals surface area contributed by atoms with Gasteiger partial charge in [-0.3, -0.25) is 5.84 Å². The standard InChI is InChI=1S/C14H22N2O2/c1-14(9-5-6-10-18-14)13(16-15)11-7-3-4-8-12(11)17-2/h3-4,7-8,13,16H,5-6,9-10,15H2,1-2H3. The van der Waals surface area contributed by atoms with Gasteiger partial charge < -0.3 is 9.47 Å². The first-order chi connectivity index (χ1) is 8.71. The molecule has 1 aromatic carbocycles. The van der Waals surface area contributed by atoms with Crippen LogP contribution in [0.4, 0.5) is 0 Å². The number of para-hydroxylation sites is 1. The summed E-state index contributed by atoms with van der Waals surface area (Å²) in [5, 5.41) is 0. The average Bonchev–Trinajstić information content (AvgIpc) is 2.40. The fraction of sp³-hybridized carbons (Fsp3) is 0.571. The molecule has 3 N–H and O–H groups in total. The molecule has 1 fully saturated rings. The molecule has 18 heavy (non-hydrogen) atoms. The van der Waals surface area contributed by atoms with Crippen LogP contribution >= 0.6 is 0 Å². The summed E-state index contributed by atoms with van der Waals surface area (Å²) in [5.74, 6) is 6.60. The van der Waals surface area contributed by atoms with Crippen LogP contribution in [0.1, 0.15) is 37.8 Å². The number of nitrogens with two attached hydrogens (primary N) is 1. The number of benzene rings is 1. The molecule has 1 aliphatic rings. The molecule has 0 bridgehead atoms. The number of ether oxygens (including phenoxy) is 2. The zero-order chi connectivity index (χ0) is 13.0. The Balaban J connectivity index is 2.32. The van der Waals surface area contributed by atoms with Crippen molar-refractivity contribution in [3.8, 4) is 5.75 Å². The Bertz CT molecular complexity index is 389. The van der Waals surface area contributed by atoms with Gasteiger partial charge in [0.25, 0.3) is 0 Å². The Morgan fingerprint density at radius 2 is 2.17 bits per heavy atom. The van der Waals surface area contributed by atoms with Gasteiger partial charge in [-0.25, -0.2) is 5.43 Å². The first kappa shape index (κ1) is 13.3. The topological polar surface area (TPSA) is 56.5 Å². The molecule has 1 aliphatic heterocycles. The lowest BCUT2D eigenvalue weighted by molar-refractivity contribution is -0.0902. The number of nitrogens with one attached hydrogen (secondary N) is 1. The molecule has 0 aromatic heterocycles. The fourth-order valence-corrected chi connectivity index (χ4v) is 2.68. The summed E-state index contributed by atoms with van der Waals surface area (Å²) in [5.41, 5.74) is 3.67. The molecule has 0 radical (unpaired) electrons. The lowest BCUT2D eigenvalue weighted by Crippen LogP contribution is -2.48. The third-order valence-corrected chi connectivity index (χ3v) is 3.73. The summed E-state index contributed by atoms with van der Waals surface area (Å²) < 4.78 is 11.4. The van der Waals surface area contributed by atoms with Gasteiger partial charge in [0.15, 0.2) is 0 Å². The van der Waals surface area contributed by atoms with E-state index in [-0.39, 0.29) is 11.6 Å². The van der Waals surface area contributed by atoms with Crippen LogP contribution in [0.3, 0.4) is 0 Å². The molecular formula is C14H22N2O2. The van der Waals surface area contributed by atoms with E-state index >= 15 is 0 Å². The average molecular weight is 250 g/mol. The number of hydrogen-bond donors (Lipinski definition) is 2. The zero-order valence-electron chi connectivity index (χ0n) is 11.1. The first-order valence-corrected chi connectivity index (χ1v) is 6.44. The molecule has 1 aromatic rings. The van der Waals surface area contributed by atoms with Crippen molar-refractivity contribution in [2.75, 3.05) is 13.7 Å². The van der Waals surface area contributed by atoms with Crippen LogP contribution in [0.5, 0.6) is 5.75 Å². The second kappa shape index (κ2) is 5.69. The van der Waals surface area contributed by atoms with Crippen LogP contribution in [0.15, 0.2) is 24.3 Å². The summed E-state index contributed by atoms with van der Waals surface area (Å²) >= 11 is 0. The van der Waals surface area contributed by atoms with E-state index in [1.54, 1.807) is 7.11 Å². The predicted octanol–water partition coefficient (Wildman–Crippen LogP) is 2.16. The molecule has 0 aliphatic carbocycles. The quantitative estimate of drug-likeness (QED) is 0.635. The van der Waals surface area contributed by atoms with E-state index < -0.39 is 0 Å². The van der Waals surface area contributed by atoms with Crippen LogP contribution in [-0.4, -0.2) is 19.3 Å². The largest absolute Gasteiger partial charge is 0.496 e. The van der Waals surface area contributed by atoms with Gasteiger partial charge in [0, 0.05) is 12.2 Å². The Kier molecular flexibility index (Phi) is 4.22. The van der Waals surface area contributed by atoms with Gasteiger partial charge in [-0.05, 0) is 32.3 Å². The van der Waals surface area contributed by atoms with Crippen LogP contribution in [0.25, 0.3) is 0 Å². The monoisotopic (exact) mass is 250 g/mol. The van der Waals surface area contributed by atoms with Crippen molar-refractivity contribution in [1.29, 1.82) is 0 Å². The van der Waals surface area contributed by atoms with Crippen molar-refractivity contribution in [3.63, 3.8) is 0 Å². The molecule has 4 heteroatoms. The fourth-order valence-electron chi connectivity index (χ4n) is 2.68. The third-order valence-electron chi connectivity index (χ3n) is 3.73. The Hall–Kier alpha value is -1.10. The smallest absolute Gasteiger partial charge is 0.123 e. The Labute approximate surface area is 108 Å². The van der Waals surface area contributed by atoms with E-state index in [0.717, 1.165) is 30.8 Å². The van der Waals surface area contributed by atoms with Crippen molar-refractivity contribution >= 4 is 0 Å². The molecule has 2 rings (SSSR count). The second-order valence-electron chi connectivity index (χ2n) is 4.96. The lowest BCUT2D eigenvalue weighted by Gasteiger charge is -2.40. The molecule has 0 spiro atoms. The molecule has 0 amide bonds. The minimum absolute atomic E-state index is 0.0612. The molecule has 1 saturated heterocycles. The third kappa shape index (κ3) is 2.51. The van der Waals surface area contributed by atoms with Crippen molar-refractivity contribution in [3.05, 3.63) is 29.8 Å². The maximum atomic E-state index is 5.97. The van der Waals surface area contributed by atoms with Crippen molar-refractivity contribution in [2.24, 2.45) is 5.84 Å². The lowest BCUT2D eigenvalue weighted by atomic mass is 9.84.